The molecule has 8 heteroatoms. The van der Waals surface area contributed by atoms with E-state index in [4.69, 9.17) is 9.15 Å². The molecule has 0 saturated carbocycles. The maximum absolute atomic E-state index is 12.1. The van der Waals surface area contributed by atoms with Crippen molar-refractivity contribution in [3.05, 3.63) is 5.89 Å². The van der Waals surface area contributed by atoms with Crippen molar-refractivity contribution in [1.82, 2.24) is 20.8 Å². The topological polar surface area (TPSA) is 92.5 Å². The first-order chi connectivity index (χ1) is 10.3. The average molecular weight is 297 g/mol. The molecule has 1 amide bonds. The second kappa shape index (κ2) is 7.94. The fraction of sp³-hybridized carbons (Fsp3) is 0.769. The van der Waals surface area contributed by atoms with Gasteiger partial charge in [0.2, 0.25) is 11.8 Å². The van der Waals surface area contributed by atoms with E-state index in [1.165, 1.54) is 0 Å². The second-order valence-electron chi connectivity index (χ2n) is 4.83. The molecule has 2 rings (SSSR count). The third kappa shape index (κ3) is 4.15. The van der Waals surface area contributed by atoms with Crippen LogP contribution in [-0.2, 0) is 16.1 Å². The molecule has 1 unspecified atom stereocenters. The van der Waals surface area contributed by atoms with E-state index in [1.807, 2.05) is 11.8 Å². The molecule has 1 aliphatic rings. The first-order valence-corrected chi connectivity index (χ1v) is 7.41. The van der Waals surface area contributed by atoms with Crippen molar-refractivity contribution in [2.45, 2.75) is 32.9 Å². The van der Waals surface area contributed by atoms with Crippen LogP contribution in [0.3, 0.4) is 0 Å². The van der Waals surface area contributed by atoms with Crippen LogP contribution in [0.4, 0.5) is 6.01 Å². The van der Waals surface area contributed by atoms with Gasteiger partial charge in [-0.05, 0) is 19.9 Å². The lowest BCUT2D eigenvalue weighted by Gasteiger charge is -2.32. The fourth-order valence-electron chi connectivity index (χ4n) is 2.15. The number of aromatic nitrogens is 2. The highest BCUT2D eigenvalue weighted by Gasteiger charge is 2.32. The van der Waals surface area contributed by atoms with E-state index in [-0.39, 0.29) is 5.91 Å². The standard InChI is InChI=1S/C13H23N5O3/c1-3-5-14-8-11-16-17-13(21-11)18-6-7-20-9-10(18)12(19)15-4-2/h10,14H,3-9H2,1-2H3,(H,15,19). The molecule has 1 saturated heterocycles. The monoisotopic (exact) mass is 297 g/mol. The van der Waals surface area contributed by atoms with Crippen LogP contribution in [-0.4, -0.2) is 55.0 Å². The third-order valence-corrected chi connectivity index (χ3v) is 3.19. The number of carbonyl (C=O) groups is 1. The Morgan fingerprint density at radius 3 is 3.05 bits per heavy atom. The number of likely N-dealkylation sites (N-methyl/N-ethyl adjacent to an activating group) is 1. The van der Waals surface area contributed by atoms with Crippen LogP contribution in [0.1, 0.15) is 26.2 Å². The minimum absolute atomic E-state index is 0.0824. The maximum atomic E-state index is 12.1. The highest BCUT2D eigenvalue weighted by Crippen LogP contribution is 2.18. The number of hydrogen-bond acceptors (Lipinski definition) is 7. The number of nitrogens with zero attached hydrogens (tertiary/aromatic N) is 3. The molecular formula is C13H23N5O3. The number of rotatable bonds is 7. The van der Waals surface area contributed by atoms with Gasteiger partial charge >= 0.3 is 6.01 Å². The largest absolute Gasteiger partial charge is 0.407 e. The SMILES string of the molecule is CCCNCc1nnc(N2CCOCC2C(=O)NCC)o1. The van der Waals surface area contributed by atoms with Crippen LogP contribution in [0.15, 0.2) is 4.42 Å². The van der Waals surface area contributed by atoms with Crippen molar-refractivity contribution in [2.24, 2.45) is 0 Å². The zero-order chi connectivity index (χ0) is 15.1. The molecule has 0 radical (unpaired) electrons. The molecule has 0 bridgehead atoms. The lowest BCUT2D eigenvalue weighted by atomic mass is 10.2. The zero-order valence-electron chi connectivity index (χ0n) is 12.6. The van der Waals surface area contributed by atoms with Crippen LogP contribution in [0.25, 0.3) is 0 Å². The predicted octanol–water partition coefficient (Wildman–Crippen LogP) is -0.0895. The number of ether oxygens (including phenoxy) is 1. The van der Waals surface area contributed by atoms with E-state index < -0.39 is 6.04 Å². The molecule has 1 aliphatic heterocycles. The molecular weight excluding hydrogens is 274 g/mol. The molecule has 1 aromatic rings. The molecule has 0 spiro atoms. The van der Waals surface area contributed by atoms with Crippen molar-refractivity contribution in [2.75, 3.05) is 37.7 Å². The van der Waals surface area contributed by atoms with Crippen molar-refractivity contribution in [1.29, 1.82) is 0 Å². The molecule has 2 N–H and O–H groups in total. The molecule has 0 aromatic carbocycles. The molecule has 1 atom stereocenters. The zero-order valence-corrected chi connectivity index (χ0v) is 12.6. The Balaban J connectivity index is 2.01. The third-order valence-electron chi connectivity index (χ3n) is 3.19. The van der Waals surface area contributed by atoms with Crippen molar-refractivity contribution >= 4 is 11.9 Å². The Morgan fingerprint density at radius 1 is 1.43 bits per heavy atom. The molecule has 0 aliphatic carbocycles. The number of hydrogen-bond donors (Lipinski definition) is 2. The first kappa shape index (κ1) is 15.7. The van der Waals surface area contributed by atoms with E-state index in [0.717, 1.165) is 13.0 Å². The van der Waals surface area contributed by atoms with Gasteiger partial charge < -0.3 is 24.7 Å². The predicted molar refractivity (Wildman–Crippen MR) is 76.9 cm³/mol. The number of anilines is 1. The van der Waals surface area contributed by atoms with E-state index in [1.54, 1.807) is 0 Å². The van der Waals surface area contributed by atoms with Gasteiger partial charge in [-0.15, -0.1) is 5.10 Å². The second-order valence-corrected chi connectivity index (χ2v) is 4.83. The summed E-state index contributed by atoms with van der Waals surface area (Å²) in [5, 5.41) is 14.1. The number of morpholine rings is 1. The highest BCUT2D eigenvalue weighted by molar-refractivity contribution is 5.84. The quantitative estimate of drug-likeness (QED) is 0.679. The van der Waals surface area contributed by atoms with Crippen LogP contribution in [0, 0.1) is 0 Å². The minimum atomic E-state index is -0.421. The summed E-state index contributed by atoms with van der Waals surface area (Å²) in [5.41, 5.74) is 0. The first-order valence-electron chi connectivity index (χ1n) is 7.41. The van der Waals surface area contributed by atoms with Gasteiger partial charge in [0.25, 0.3) is 0 Å². The van der Waals surface area contributed by atoms with Crippen molar-refractivity contribution in [3.63, 3.8) is 0 Å². The van der Waals surface area contributed by atoms with Crippen LogP contribution in [0.5, 0.6) is 0 Å². The summed E-state index contributed by atoms with van der Waals surface area (Å²) in [6.45, 7) is 7.44. The summed E-state index contributed by atoms with van der Waals surface area (Å²) >= 11 is 0. The molecule has 1 aromatic heterocycles. The Kier molecular flexibility index (Phi) is 5.94. The Labute approximate surface area is 124 Å². The van der Waals surface area contributed by atoms with E-state index in [0.29, 0.717) is 44.8 Å². The summed E-state index contributed by atoms with van der Waals surface area (Å²) in [5.74, 6) is 0.445. The lowest BCUT2D eigenvalue weighted by molar-refractivity contribution is -0.124. The van der Waals surface area contributed by atoms with Gasteiger partial charge in [0.05, 0.1) is 19.8 Å². The smallest absolute Gasteiger partial charge is 0.319 e. The van der Waals surface area contributed by atoms with E-state index in [2.05, 4.69) is 27.8 Å². The van der Waals surface area contributed by atoms with Crippen molar-refractivity contribution in [3.8, 4) is 0 Å². The number of amides is 1. The van der Waals surface area contributed by atoms with Gasteiger partial charge in [-0.25, -0.2) is 0 Å². The lowest BCUT2D eigenvalue weighted by Crippen LogP contribution is -2.54. The molecule has 1 fully saturated rings. The Morgan fingerprint density at radius 2 is 2.29 bits per heavy atom. The van der Waals surface area contributed by atoms with Gasteiger partial charge in [0.15, 0.2) is 0 Å². The molecule has 118 valence electrons. The summed E-state index contributed by atoms with van der Waals surface area (Å²) in [6.07, 6.45) is 1.05. The van der Waals surface area contributed by atoms with Crippen LogP contribution < -0.4 is 15.5 Å². The van der Waals surface area contributed by atoms with Gasteiger partial charge in [-0.1, -0.05) is 12.0 Å². The Hall–Kier alpha value is -1.67. The fourth-order valence-corrected chi connectivity index (χ4v) is 2.15. The summed E-state index contributed by atoms with van der Waals surface area (Å²) in [7, 11) is 0. The normalized spacial score (nSPS) is 18.8. The summed E-state index contributed by atoms with van der Waals surface area (Å²) < 4.78 is 11.0. The van der Waals surface area contributed by atoms with Crippen LogP contribution in [0.2, 0.25) is 0 Å². The number of nitrogens with one attached hydrogen (secondary N) is 2. The maximum Gasteiger partial charge on any atom is 0.319 e. The van der Waals surface area contributed by atoms with Gasteiger partial charge in [0, 0.05) is 13.1 Å². The van der Waals surface area contributed by atoms with Gasteiger partial charge in [-0.2, -0.15) is 0 Å². The summed E-state index contributed by atoms with van der Waals surface area (Å²) in [6, 6.07) is -0.0431. The minimum Gasteiger partial charge on any atom is -0.407 e. The van der Waals surface area contributed by atoms with E-state index in [9.17, 15) is 4.79 Å². The molecule has 21 heavy (non-hydrogen) atoms. The summed E-state index contributed by atoms with van der Waals surface area (Å²) in [4.78, 5) is 13.9. The average Bonchev–Trinajstić information content (AvgIpc) is 2.96. The van der Waals surface area contributed by atoms with Crippen LogP contribution >= 0.6 is 0 Å². The highest BCUT2D eigenvalue weighted by atomic mass is 16.5. The molecule has 8 nitrogen and oxygen atoms in total. The van der Waals surface area contributed by atoms with Crippen molar-refractivity contribution < 1.29 is 13.9 Å². The molecule has 2 heterocycles. The Bertz CT molecular complexity index is 451. The van der Waals surface area contributed by atoms with E-state index >= 15 is 0 Å². The number of carbonyl (C=O) groups excluding carboxylic acids is 1. The van der Waals surface area contributed by atoms with Gasteiger partial charge in [0.1, 0.15) is 6.04 Å². The van der Waals surface area contributed by atoms with Gasteiger partial charge in [-0.3, -0.25) is 4.79 Å².